The lowest BCUT2D eigenvalue weighted by atomic mass is 9.83. The maximum atomic E-state index is 13.5. The lowest BCUT2D eigenvalue weighted by Crippen LogP contribution is -2.28. The van der Waals surface area contributed by atoms with Gasteiger partial charge in [-0.05, 0) is 66.6 Å². The Labute approximate surface area is 185 Å². The van der Waals surface area contributed by atoms with Gasteiger partial charge in [0.25, 0.3) is 0 Å². The van der Waals surface area contributed by atoms with Crippen molar-refractivity contribution in [3.63, 3.8) is 0 Å². The predicted octanol–water partition coefficient (Wildman–Crippen LogP) is 4.06. The Balaban J connectivity index is 1.46. The van der Waals surface area contributed by atoms with Crippen molar-refractivity contribution in [2.45, 2.75) is 25.8 Å². The van der Waals surface area contributed by atoms with Gasteiger partial charge in [-0.3, -0.25) is 9.13 Å². The van der Waals surface area contributed by atoms with Gasteiger partial charge in [0.1, 0.15) is 5.75 Å². The van der Waals surface area contributed by atoms with Crippen LogP contribution in [0, 0.1) is 5.92 Å². The summed E-state index contributed by atoms with van der Waals surface area (Å²) in [4.78, 5) is 24.3. The minimum Gasteiger partial charge on any atom is -0.482 e. The second-order valence-corrected chi connectivity index (χ2v) is 8.24. The molecule has 5 rings (SSSR count). The monoisotopic (exact) mass is 428 g/mol. The molecular formula is C26H24N2O4. The molecule has 4 aromatic rings. The number of benzene rings is 3. The van der Waals surface area contributed by atoms with Crippen LogP contribution in [-0.2, 0) is 24.2 Å². The lowest BCUT2D eigenvalue weighted by Gasteiger charge is -2.26. The third-order valence-electron chi connectivity index (χ3n) is 6.18. The summed E-state index contributed by atoms with van der Waals surface area (Å²) in [5.74, 6) is -0.0170. The van der Waals surface area contributed by atoms with Crippen LogP contribution in [0.5, 0.6) is 5.75 Å². The smallest absolute Gasteiger partial charge is 0.341 e. The Morgan fingerprint density at radius 1 is 0.969 bits per heavy atom. The van der Waals surface area contributed by atoms with Gasteiger partial charge in [-0.1, -0.05) is 42.5 Å². The normalized spacial score (nSPS) is 15.4. The summed E-state index contributed by atoms with van der Waals surface area (Å²) in [5.41, 5.74) is 4.94. The second kappa shape index (κ2) is 8.38. The second-order valence-electron chi connectivity index (χ2n) is 8.24. The molecule has 0 bridgehead atoms. The van der Waals surface area contributed by atoms with Gasteiger partial charge in [0.15, 0.2) is 6.61 Å². The third-order valence-corrected chi connectivity index (χ3v) is 6.18. The number of rotatable bonds is 6. The molecular weight excluding hydrogens is 404 g/mol. The van der Waals surface area contributed by atoms with E-state index in [0.717, 1.165) is 41.5 Å². The van der Waals surface area contributed by atoms with Crippen molar-refractivity contribution in [2.75, 3.05) is 6.61 Å². The van der Waals surface area contributed by atoms with Gasteiger partial charge in [-0.25, -0.2) is 9.59 Å². The number of ether oxygens (including phenoxy) is 1. The average Bonchev–Trinajstić information content (AvgIpc) is 3.09. The highest BCUT2D eigenvalue weighted by Gasteiger charge is 2.24. The molecule has 0 spiro atoms. The third kappa shape index (κ3) is 3.68. The summed E-state index contributed by atoms with van der Waals surface area (Å²) >= 11 is 0. The number of nitrogens with zero attached hydrogens (tertiary/aromatic N) is 2. The Morgan fingerprint density at radius 2 is 1.72 bits per heavy atom. The minimum absolute atomic E-state index is 0.0262. The molecule has 0 fully saturated rings. The first-order valence-electron chi connectivity index (χ1n) is 10.8. The van der Waals surface area contributed by atoms with Crippen molar-refractivity contribution in [1.82, 2.24) is 9.13 Å². The fraction of sp³-hybridized carbons (Fsp3) is 0.231. The molecule has 6 heteroatoms. The van der Waals surface area contributed by atoms with Crippen molar-refractivity contribution in [3.8, 4) is 11.4 Å². The van der Waals surface area contributed by atoms with Crippen LogP contribution in [-0.4, -0.2) is 26.8 Å². The van der Waals surface area contributed by atoms with E-state index in [0.29, 0.717) is 18.2 Å². The summed E-state index contributed by atoms with van der Waals surface area (Å²) in [7, 11) is 0. The van der Waals surface area contributed by atoms with E-state index in [1.54, 1.807) is 4.57 Å². The van der Waals surface area contributed by atoms with Crippen LogP contribution in [0.2, 0.25) is 0 Å². The van der Waals surface area contributed by atoms with Crippen molar-refractivity contribution in [3.05, 3.63) is 94.4 Å². The largest absolute Gasteiger partial charge is 0.482 e. The average molecular weight is 428 g/mol. The Hall–Kier alpha value is -3.80. The van der Waals surface area contributed by atoms with Gasteiger partial charge >= 0.3 is 11.7 Å². The molecule has 1 aliphatic carbocycles. The standard InChI is InChI=1S/C26H24N2O4/c29-25(30)17-32-24-12-6-7-19-15-18(13-14-21(19)24)16-27-22-10-4-5-11-23(22)28(26(27)31)20-8-2-1-3-9-20/h1-12,18H,13-17H2,(H,29,30). The molecule has 32 heavy (non-hydrogen) atoms. The number of carbonyl (C=O) groups is 1. The quantitative estimate of drug-likeness (QED) is 0.503. The fourth-order valence-corrected chi connectivity index (χ4v) is 4.75. The van der Waals surface area contributed by atoms with Crippen LogP contribution in [0.4, 0.5) is 0 Å². The van der Waals surface area contributed by atoms with E-state index in [9.17, 15) is 9.59 Å². The SMILES string of the molecule is O=C(O)COc1cccc2c1CCC(Cn1c(=O)n(-c3ccccc3)c3ccccc31)C2. The Bertz CT molecular complexity index is 1340. The number of carboxylic acid groups (broad SMARTS) is 1. The summed E-state index contributed by atoms with van der Waals surface area (Å²) in [6, 6.07) is 23.5. The molecule has 0 saturated carbocycles. The van der Waals surface area contributed by atoms with E-state index >= 15 is 0 Å². The maximum Gasteiger partial charge on any atom is 0.341 e. The minimum atomic E-state index is -0.981. The number of imidazole rings is 1. The summed E-state index contributed by atoms with van der Waals surface area (Å²) < 4.78 is 9.16. The molecule has 0 amide bonds. The zero-order chi connectivity index (χ0) is 22.1. The van der Waals surface area contributed by atoms with Crippen LogP contribution in [0.3, 0.4) is 0 Å². The van der Waals surface area contributed by atoms with Gasteiger partial charge < -0.3 is 9.84 Å². The topological polar surface area (TPSA) is 73.5 Å². The van der Waals surface area contributed by atoms with Crippen LogP contribution >= 0.6 is 0 Å². The highest BCUT2D eigenvalue weighted by atomic mass is 16.5. The zero-order valence-electron chi connectivity index (χ0n) is 17.6. The van der Waals surface area contributed by atoms with Crippen LogP contribution in [0.25, 0.3) is 16.7 Å². The number of carboxylic acids is 1. The maximum absolute atomic E-state index is 13.5. The number of para-hydroxylation sites is 3. The number of aromatic nitrogens is 2. The molecule has 0 saturated heterocycles. The molecule has 0 radical (unpaired) electrons. The molecule has 6 nitrogen and oxygen atoms in total. The number of hydrogen-bond donors (Lipinski definition) is 1. The van der Waals surface area contributed by atoms with Crippen molar-refractivity contribution in [1.29, 1.82) is 0 Å². The van der Waals surface area contributed by atoms with E-state index in [-0.39, 0.29) is 12.3 Å². The van der Waals surface area contributed by atoms with E-state index in [1.165, 1.54) is 5.56 Å². The molecule has 1 N–H and O–H groups in total. The highest BCUT2D eigenvalue weighted by molar-refractivity contribution is 5.78. The Morgan fingerprint density at radius 3 is 2.50 bits per heavy atom. The molecule has 0 aliphatic heterocycles. The number of fused-ring (bicyclic) bond motifs is 2. The molecule has 1 aromatic heterocycles. The van der Waals surface area contributed by atoms with Gasteiger partial charge in [-0.15, -0.1) is 0 Å². The van der Waals surface area contributed by atoms with Crippen molar-refractivity contribution in [2.24, 2.45) is 5.92 Å². The summed E-state index contributed by atoms with van der Waals surface area (Å²) in [6.45, 7) is 0.299. The summed E-state index contributed by atoms with van der Waals surface area (Å²) in [6.07, 6.45) is 2.55. The molecule has 1 unspecified atom stereocenters. The molecule has 1 atom stereocenters. The van der Waals surface area contributed by atoms with Crippen LogP contribution < -0.4 is 10.4 Å². The first-order valence-corrected chi connectivity index (χ1v) is 10.8. The molecule has 3 aromatic carbocycles. The van der Waals surface area contributed by atoms with E-state index in [4.69, 9.17) is 9.84 Å². The molecule has 1 aliphatic rings. The first kappa shape index (κ1) is 20.1. The van der Waals surface area contributed by atoms with Crippen molar-refractivity contribution >= 4 is 17.0 Å². The van der Waals surface area contributed by atoms with E-state index < -0.39 is 5.97 Å². The van der Waals surface area contributed by atoms with E-state index in [1.807, 2.05) is 71.3 Å². The molecule has 162 valence electrons. The van der Waals surface area contributed by atoms with Gasteiger partial charge in [0.05, 0.1) is 16.7 Å². The number of hydrogen-bond acceptors (Lipinski definition) is 3. The van der Waals surface area contributed by atoms with Crippen molar-refractivity contribution < 1.29 is 14.6 Å². The van der Waals surface area contributed by atoms with Gasteiger partial charge in [-0.2, -0.15) is 0 Å². The molecule has 1 heterocycles. The fourth-order valence-electron chi connectivity index (χ4n) is 4.75. The van der Waals surface area contributed by atoms with E-state index in [2.05, 4.69) is 6.07 Å². The van der Waals surface area contributed by atoms with Gasteiger partial charge in [0, 0.05) is 6.54 Å². The summed E-state index contributed by atoms with van der Waals surface area (Å²) in [5, 5.41) is 8.92. The van der Waals surface area contributed by atoms with Crippen LogP contribution in [0.15, 0.2) is 77.6 Å². The predicted molar refractivity (Wildman–Crippen MR) is 123 cm³/mol. The lowest BCUT2D eigenvalue weighted by molar-refractivity contribution is -0.139. The first-order chi connectivity index (χ1) is 15.6. The number of aliphatic carboxylic acids is 1. The zero-order valence-corrected chi connectivity index (χ0v) is 17.6. The Kier molecular flexibility index (Phi) is 5.27. The van der Waals surface area contributed by atoms with Crippen LogP contribution in [0.1, 0.15) is 17.5 Å². The highest BCUT2D eigenvalue weighted by Crippen LogP contribution is 2.33. The van der Waals surface area contributed by atoms with Gasteiger partial charge in [0.2, 0.25) is 0 Å².